The normalized spacial score (nSPS) is 31.9. The van der Waals surface area contributed by atoms with Crippen molar-refractivity contribution < 1.29 is 0 Å². The van der Waals surface area contributed by atoms with Crippen LogP contribution in [0.2, 0.25) is 0 Å². The zero-order valence-corrected chi connectivity index (χ0v) is 11.8. The third-order valence-electron chi connectivity index (χ3n) is 5.09. The fraction of sp³-hybridized carbons (Fsp3) is 1.00. The maximum atomic E-state index is 3.61. The number of hydrogen-bond acceptors (Lipinski definition) is 2. The lowest BCUT2D eigenvalue weighted by atomic mass is 9.77. The summed E-state index contributed by atoms with van der Waals surface area (Å²) < 4.78 is 0. The molecule has 1 saturated carbocycles. The van der Waals surface area contributed by atoms with E-state index in [1.807, 2.05) is 0 Å². The average molecular weight is 238 g/mol. The zero-order chi connectivity index (χ0) is 12.1. The van der Waals surface area contributed by atoms with Crippen LogP contribution in [-0.2, 0) is 0 Å². The van der Waals surface area contributed by atoms with E-state index in [1.54, 1.807) is 0 Å². The van der Waals surface area contributed by atoms with Crippen LogP contribution in [0.4, 0.5) is 0 Å². The summed E-state index contributed by atoms with van der Waals surface area (Å²) in [5.41, 5.74) is 0.560. The number of rotatable bonds is 4. The number of hydrogen-bond donors (Lipinski definition) is 1. The van der Waals surface area contributed by atoms with Gasteiger partial charge < -0.3 is 10.2 Å². The monoisotopic (exact) mass is 238 g/mol. The fourth-order valence-corrected chi connectivity index (χ4v) is 3.76. The van der Waals surface area contributed by atoms with Gasteiger partial charge in [0.15, 0.2) is 0 Å². The van der Waals surface area contributed by atoms with Crippen LogP contribution >= 0.6 is 0 Å². The molecule has 2 aliphatic rings. The maximum absolute atomic E-state index is 3.61. The third kappa shape index (κ3) is 3.45. The summed E-state index contributed by atoms with van der Waals surface area (Å²) in [5, 5.41) is 3.61. The Balaban J connectivity index is 1.88. The summed E-state index contributed by atoms with van der Waals surface area (Å²) in [6, 6.07) is 0.870. The van der Waals surface area contributed by atoms with Gasteiger partial charge in [0.2, 0.25) is 0 Å². The highest BCUT2D eigenvalue weighted by Crippen LogP contribution is 2.32. The van der Waals surface area contributed by atoms with E-state index in [0.29, 0.717) is 5.41 Å². The lowest BCUT2D eigenvalue weighted by Gasteiger charge is -2.43. The van der Waals surface area contributed by atoms with E-state index < -0.39 is 0 Å². The highest BCUT2D eigenvalue weighted by Gasteiger charge is 2.33. The van der Waals surface area contributed by atoms with E-state index in [-0.39, 0.29) is 0 Å². The Morgan fingerprint density at radius 1 is 1.18 bits per heavy atom. The molecule has 0 bridgehead atoms. The van der Waals surface area contributed by atoms with Crippen LogP contribution in [-0.4, -0.2) is 37.6 Å². The summed E-state index contributed by atoms with van der Waals surface area (Å²) in [5.74, 6) is 0. The van der Waals surface area contributed by atoms with Crippen molar-refractivity contribution in [1.82, 2.24) is 10.2 Å². The van der Waals surface area contributed by atoms with Crippen molar-refractivity contribution >= 4 is 0 Å². The predicted molar refractivity (Wildman–Crippen MR) is 74.3 cm³/mol. The molecule has 1 aliphatic heterocycles. The summed E-state index contributed by atoms with van der Waals surface area (Å²) in [7, 11) is 2.36. The Hall–Kier alpha value is -0.0800. The first-order chi connectivity index (χ1) is 8.26. The SMILES string of the molecule is CCC1(CN(C)C2CCCCC2)CCCNC1. The van der Waals surface area contributed by atoms with Gasteiger partial charge in [-0.1, -0.05) is 26.2 Å². The molecule has 0 aromatic rings. The molecule has 1 heterocycles. The molecule has 1 N–H and O–H groups in total. The third-order valence-corrected chi connectivity index (χ3v) is 5.09. The van der Waals surface area contributed by atoms with Gasteiger partial charge in [-0.05, 0) is 51.1 Å². The topological polar surface area (TPSA) is 15.3 Å². The molecule has 17 heavy (non-hydrogen) atoms. The van der Waals surface area contributed by atoms with Crippen molar-refractivity contribution in [2.75, 3.05) is 26.7 Å². The molecule has 0 amide bonds. The van der Waals surface area contributed by atoms with E-state index in [2.05, 4.69) is 24.2 Å². The maximum Gasteiger partial charge on any atom is 0.00924 e. The minimum atomic E-state index is 0.560. The van der Waals surface area contributed by atoms with Gasteiger partial charge in [0, 0.05) is 19.1 Å². The Kier molecular flexibility index (Phi) is 4.87. The molecule has 0 spiro atoms. The summed E-state index contributed by atoms with van der Waals surface area (Å²) >= 11 is 0. The molecule has 0 aromatic carbocycles. The van der Waals surface area contributed by atoms with Crippen LogP contribution in [0.1, 0.15) is 58.3 Å². The van der Waals surface area contributed by atoms with E-state index in [4.69, 9.17) is 0 Å². The van der Waals surface area contributed by atoms with Crippen molar-refractivity contribution in [2.45, 2.75) is 64.3 Å². The van der Waals surface area contributed by atoms with E-state index in [0.717, 1.165) is 6.04 Å². The number of nitrogens with zero attached hydrogens (tertiary/aromatic N) is 1. The van der Waals surface area contributed by atoms with Gasteiger partial charge in [-0.25, -0.2) is 0 Å². The van der Waals surface area contributed by atoms with Gasteiger partial charge in [0.05, 0.1) is 0 Å². The second-order valence-corrected chi connectivity index (χ2v) is 6.34. The molecule has 1 unspecified atom stereocenters. The standard InChI is InChI=1S/C15H30N2/c1-3-15(10-7-11-16-12-15)13-17(2)14-8-5-4-6-9-14/h14,16H,3-13H2,1-2H3. The number of nitrogens with one attached hydrogen (secondary N) is 1. The van der Waals surface area contributed by atoms with E-state index in [1.165, 1.54) is 71.0 Å². The second-order valence-electron chi connectivity index (χ2n) is 6.34. The van der Waals surface area contributed by atoms with Crippen LogP contribution in [0.25, 0.3) is 0 Å². The molecule has 1 atom stereocenters. The first-order valence-corrected chi connectivity index (χ1v) is 7.67. The Morgan fingerprint density at radius 3 is 2.53 bits per heavy atom. The highest BCUT2D eigenvalue weighted by atomic mass is 15.1. The molecule has 0 radical (unpaired) electrons. The average Bonchev–Trinajstić information content (AvgIpc) is 2.41. The lowest BCUT2D eigenvalue weighted by Crippen LogP contribution is -2.49. The summed E-state index contributed by atoms with van der Waals surface area (Å²) in [4.78, 5) is 2.68. The Morgan fingerprint density at radius 2 is 1.94 bits per heavy atom. The van der Waals surface area contributed by atoms with Gasteiger partial charge >= 0.3 is 0 Å². The van der Waals surface area contributed by atoms with Crippen molar-refractivity contribution in [2.24, 2.45) is 5.41 Å². The molecule has 2 heteroatoms. The van der Waals surface area contributed by atoms with Crippen LogP contribution < -0.4 is 5.32 Å². The van der Waals surface area contributed by atoms with Crippen molar-refractivity contribution in [3.63, 3.8) is 0 Å². The molecular weight excluding hydrogens is 208 g/mol. The van der Waals surface area contributed by atoms with Gasteiger partial charge in [-0.3, -0.25) is 0 Å². The van der Waals surface area contributed by atoms with Crippen molar-refractivity contribution in [1.29, 1.82) is 0 Å². The molecular formula is C15H30N2. The van der Waals surface area contributed by atoms with Gasteiger partial charge in [-0.15, -0.1) is 0 Å². The largest absolute Gasteiger partial charge is 0.316 e. The van der Waals surface area contributed by atoms with E-state index in [9.17, 15) is 0 Å². The molecule has 1 aliphatic carbocycles. The lowest BCUT2D eigenvalue weighted by molar-refractivity contribution is 0.0870. The van der Waals surface area contributed by atoms with Crippen LogP contribution in [0.3, 0.4) is 0 Å². The second kappa shape index (κ2) is 6.19. The van der Waals surface area contributed by atoms with Gasteiger partial charge in [-0.2, -0.15) is 0 Å². The van der Waals surface area contributed by atoms with Crippen LogP contribution in [0.15, 0.2) is 0 Å². The summed E-state index contributed by atoms with van der Waals surface area (Å²) in [6.45, 7) is 6.15. The minimum absolute atomic E-state index is 0.560. The van der Waals surface area contributed by atoms with Crippen LogP contribution in [0, 0.1) is 5.41 Å². The minimum Gasteiger partial charge on any atom is -0.316 e. The zero-order valence-electron chi connectivity index (χ0n) is 11.8. The molecule has 2 rings (SSSR count). The molecule has 100 valence electrons. The molecule has 2 fully saturated rings. The Bertz CT molecular complexity index is 215. The van der Waals surface area contributed by atoms with Crippen molar-refractivity contribution in [3.05, 3.63) is 0 Å². The highest BCUT2D eigenvalue weighted by molar-refractivity contribution is 4.88. The summed E-state index contributed by atoms with van der Waals surface area (Å²) in [6.07, 6.45) is 11.4. The molecule has 0 aromatic heterocycles. The fourth-order valence-electron chi connectivity index (χ4n) is 3.76. The number of piperidine rings is 1. The van der Waals surface area contributed by atoms with Crippen molar-refractivity contribution in [3.8, 4) is 0 Å². The van der Waals surface area contributed by atoms with Crippen LogP contribution in [0.5, 0.6) is 0 Å². The van der Waals surface area contributed by atoms with Gasteiger partial charge in [0.25, 0.3) is 0 Å². The predicted octanol–water partition coefficient (Wildman–Crippen LogP) is 3.03. The smallest absolute Gasteiger partial charge is 0.00924 e. The van der Waals surface area contributed by atoms with Gasteiger partial charge in [0.1, 0.15) is 0 Å². The first kappa shape index (κ1) is 13.4. The quantitative estimate of drug-likeness (QED) is 0.810. The molecule has 2 nitrogen and oxygen atoms in total. The van der Waals surface area contributed by atoms with E-state index >= 15 is 0 Å². The molecule has 1 saturated heterocycles. The Labute approximate surface area is 107 Å². The first-order valence-electron chi connectivity index (χ1n) is 7.67.